The van der Waals surface area contributed by atoms with Crippen molar-refractivity contribution in [3.8, 4) is 0 Å². The summed E-state index contributed by atoms with van der Waals surface area (Å²) in [6.45, 7) is 7.86. The van der Waals surface area contributed by atoms with Crippen LogP contribution in [0.2, 0.25) is 0 Å². The van der Waals surface area contributed by atoms with E-state index in [0.717, 1.165) is 16.7 Å². The zero-order chi connectivity index (χ0) is 21.9. The van der Waals surface area contributed by atoms with Gasteiger partial charge >= 0.3 is 5.97 Å². The molecule has 0 fully saturated rings. The van der Waals surface area contributed by atoms with Crippen molar-refractivity contribution in [2.75, 3.05) is 13.7 Å². The Kier molecular flexibility index (Phi) is 6.22. The van der Waals surface area contributed by atoms with Gasteiger partial charge < -0.3 is 19.6 Å². The number of oxime groups is 1. The Labute approximate surface area is 176 Å². The van der Waals surface area contributed by atoms with Crippen LogP contribution in [0.4, 0.5) is 0 Å². The van der Waals surface area contributed by atoms with Crippen molar-refractivity contribution in [2.24, 2.45) is 5.16 Å². The Morgan fingerprint density at radius 2 is 1.77 bits per heavy atom. The van der Waals surface area contributed by atoms with Crippen molar-refractivity contribution in [1.29, 1.82) is 0 Å². The van der Waals surface area contributed by atoms with Gasteiger partial charge in [0, 0.05) is 17.7 Å². The first-order chi connectivity index (χ1) is 14.3. The van der Waals surface area contributed by atoms with Crippen LogP contribution in [-0.2, 0) is 19.1 Å². The van der Waals surface area contributed by atoms with E-state index in [1.54, 1.807) is 37.3 Å². The van der Waals surface area contributed by atoms with E-state index >= 15 is 0 Å². The maximum atomic E-state index is 13.2. The molecule has 1 N–H and O–H groups in total. The van der Waals surface area contributed by atoms with E-state index < -0.39 is 23.7 Å². The first-order valence-electron chi connectivity index (χ1n) is 9.75. The summed E-state index contributed by atoms with van der Waals surface area (Å²) < 4.78 is 10.8. The number of benzene rings is 2. The van der Waals surface area contributed by atoms with Crippen molar-refractivity contribution in [3.05, 3.63) is 70.3 Å². The average Bonchev–Trinajstić information content (AvgIpc) is 3.06. The lowest BCUT2D eigenvalue weighted by Crippen LogP contribution is -2.66. The van der Waals surface area contributed by atoms with Crippen LogP contribution in [0.3, 0.4) is 0 Å². The van der Waals surface area contributed by atoms with Crippen molar-refractivity contribution in [3.63, 3.8) is 0 Å². The summed E-state index contributed by atoms with van der Waals surface area (Å²) in [6.07, 6.45) is -1.17. The standard InChI is InChI=1S/C23H26N2O5/c1-6-29-22-23(21(27)28-5,24-20(26)17-10-8-7-9-11-17)19(25-30-22)18-15(3)12-14(2)13-16(18)4/h7-13,22H,6H2,1-5H3,(H,24,26). The van der Waals surface area contributed by atoms with Crippen LogP contribution in [0, 0.1) is 20.8 Å². The van der Waals surface area contributed by atoms with Crippen LogP contribution in [0.5, 0.6) is 0 Å². The molecule has 2 atom stereocenters. The highest BCUT2D eigenvalue weighted by Crippen LogP contribution is 2.33. The number of nitrogens with zero attached hydrogens (tertiary/aromatic N) is 1. The summed E-state index contributed by atoms with van der Waals surface area (Å²) in [5.74, 6) is -1.19. The number of carbonyl (C=O) groups excluding carboxylic acids is 2. The number of nitrogens with one attached hydrogen (secondary N) is 1. The fraction of sp³-hybridized carbons (Fsp3) is 0.348. The molecule has 0 aliphatic carbocycles. The fourth-order valence-corrected chi connectivity index (χ4v) is 3.83. The zero-order valence-electron chi connectivity index (χ0n) is 17.8. The first kappa shape index (κ1) is 21.5. The molecular formula is C23H26N2O5. The van der Waals surface area contributed by atoms with Crippen LogP contribution < -0.4 is 5.32 Å². The van der Waals surface area contributed by atoms with Gasteiger partial charge in [0.25, 0.3) is 12.2 Å². The molecule has 1 heterocycles. The van der Waals surface area contributed by atoms with Crippen LogP contribution in [0.25, 0.3) is 0 Å². The van der Waals surface area contributed by atoms with E-state index in [1.165, 1.54) is 7.11 Å². The van der Waals surface area contributed by atoms with Crippen LogP contribution >= 0.6 is 0 Å². The lowest BCUT2D eigenvalue weighted by atomic mass is 9.83. The largest absolute Gasteiger partial charge is 0.467 e. The highest BCUT2D eigenvalue weighted by Gasteiger charge is 2.60. The second kappa shape index (κ2) is 8.67. The molecule has 0 radical (unpaired) electrons. The van der Waals surface area contributed by atoms with Gasteiger partial charge in [-0.15, -0.1) is 0 Å². The Hall–Kier alpha value is -3.19. The molecule has 0 saturated heterocycles. The van der Waals surface area contributed by atoms with Gasteiger partial charge in [0.2, 0.25) is 5.54 Å². The Morgan fingerprint density at radius 3 is 2.33 bits per heavy atom. The maximum absolute atomic E-state index is 13.2. The van der Waals surface area contributed by atoms with E-state index in [2.05, 4.69) is 10.5 Å². The summed E-state index contributed by atoms with van der Waals surface area (Å²) in [7, 11) is 1.26. The Morgan fingerprint density at radius 1 is 1.13 bits per heavy atom. The smallest absolute Gasteiger partial charge is 0.344 e. The summed E-state index contributed by atoms with van der Waals surface area (Å²) in [5, 5.41) is 7.02. The summed E-state index contributed by atoms with van der Waals surface area (Å²) in [4.78, 5) is 31.8. The number of amides is 1. The van der Waals surface area contributed by atoms with Gasteiger partial charge in [-0.25, -0.2) is 4.79 Å². The molecule has 3 rings (SSSR count). The molecule has 0 saturated carbocycles. The predicted octanol–water partition coefficient (Wildman–Crippen LogP) is 3.05. The molecule has 2 aromatic carbocycles. The molecule has 1 amide bonds. The molecule has 7 heteroatoms. The van der Waals surface area contributed by atoms with Gasteiger partial charge in [0.1, 0.15) is 5.71 Å². The molecule has 1 aliphatic rings. The number of esters is 1. The number of ether oxygens (including phenoxy) is 2. The number of methoxy groups -OCH3 is 1. The SMILES string of the molecule is CCOC1ON=C(c2c(C)cc(C)cc2C)C1(NC(=O)c1ccccc1)C(=O)OC. The minimum absolute atomic E-state index is 0.249. The van der Waals surface area contributed by atoms with Crippen molar-refractivity contribution in [1.82, 2.24) is 5.32 Å². The van der Waals surface area contributed by atoms with Crippen LogP contribution in [0.15, 0.2) is 47.6 Å². The molecule has 30 heavy (non-hydrogen) atoms. The topological polar surface area (TPSA) is 86.2 Å². The quantitative estimate of drug-likeness (QED) is 0.740. The van der Waals surface area contributed by atoms with Crippen molar-refractivity contribution >= 4 is 17.6 Å². The van der Waals surface area contributed by atoms with Gasteiger partial charge in [-0.2, -0.15) is 0 Å². The third kappa shape index (κ3) is 3.68. The summed E-state index contributed by atoms with van der Waals surface area (Å²) >= 11 is 0. The molecule has 7 nitrogen and oxygen atoms in total. The van der Waals surface area contributed by atoms with Gasteiger partial charge in [-0.05, 0) is 51.0 Å². The Balaban J connectivity index is 2.18. The second-order valence-electron chi connectivity index (χ2n) is 7.23. The maximum Gasteiger partial charge on any atom is 0.344 e. The second-order valence-corrected chi connectivity index (χ2v) is 7.23. The van der Waals surface area contributed by atoms with E-state index in [0.29, 0.717) is 11.1 Å². The highest BCUT2D eigenvalue weighted by atomic mass is 16.8. The van der Waals surface area contributed by atoms with Gasteiger partial charge in [-0.3, -0.25) is 4.79 Å². The van der Waals surface area contributed by atoms with Gasteiger partial charge in [0.05, 0.1) is 7.11 Å². The van der Waals surface area contributed by atoms with E-state index in [9.17, 15) is 9.59 Å². The summed E-state index contributed by atoms with van der Waals surface area (Å²) in [5.41, 5.74) is 2.46. The molecule has 158 valence electrons. The number of carbonyl (C=O) groups is 2. The first-order valence-corrected chi connectivity index (χ1v) is 9.75. The van der Waals surface area contributed by atoms with Gasteiger partial charge in [-0.1, -0.05) is 41.1 Å². The molecule has 2 aromatic rings. The van der Waals surface area contributed by atoms with Crippen molar-refractivity contribution in [2.45, 2.75) is 39.5 Å². The number of rotatable bonds is 6. The molecular weight excluding hydrogens is 384 g/mol. The molecule has 2 unspecified atom stereocenters. The minimum Gasteiger partial charge on any atom is -0.467 e. The Bertz CT molecular complexity index is 963. The number of aryl methyl sites for hydroxylation is 3. The predicted molar refractivity (Wildman–Crippen MR) is 112 cm³/mol. The summed E-state index contributed by atoms with van der Waals surface area (Å²) in [6, 6.07) is 12.6. The lowest BCUT2D eigenvalue weighted by molar-refractivity contribution is -0.177. The fourth-order valence-electron chi connectivity index (χ4n) is 3.83. The number of hydrogen-bond donors (Lipinski definition) is 1. The van der Waals surface area contributed by atoms with E-state index in [4.69, 9.17) is 14.3 Å². The van der Waals surface area contributed by atoms with Crippen LogP contribution in [0.1, 0.15) is 39.5 Å². The normalized spacial score (nSPS) is 20.3. The third-order valence-electron chi connectivity index (χ3n) is 5.05. The van der Waals surface area contributed by atoms with Crippen molar-refractivity contribution < 1.29 is 23.9 Å². The monoisotopic (exact) mass is 410 g/mol. The highest BCUT2D eigenvalue weighted by molar-refractivity contribution is 6.23. The molecule has 1 aliphatic heterocycles. The molecule has 0 bridgehead atoms. The molecule has 0 aromatic heterocycles. The van der Waals surface area contributed by atoms with E-state index in [-0.39, 0.29) is 12.3 Å². The van der Waals surface area contributed by atoms with E-state index in [1.807, 2.05) is 32.9 Å². The third-order valence-corrected chi connectivity index (χ3v) is 5.05. The molecule has 0 spiro atoms. The van der Waals surface area contributed by atoms with Crippen LogP contribution in [-0.4, -0.2) is 43.1 Å². The minimum atomic E-state index is -1.76. The average molecular weight is 410 g/mol. The number of hydrogen-bond acceptors (Lipinski definition) is 6. The van der Waals surface area contributed by atoms with Gasteiger partial charge in [0.15, 0.2) is 0 Å². The lowest BCUT2D eigenvalue weighted by Gasteiger charge is -2.32. The zero-order valence-corrected chi connectivity index (χ0v) is 17.8.